The first-order chi connectivity index (χ1) is 7.65. The zero-order valence-electron chi connectivity index (χ0n) is 8.88. The Morgan fingerprint density at radius 2 is 2.38 bits per heavy atom. The maximum atomic E-state index is 10.5. The summed E-state index contributed by atoms with van der Waals surface area (Å²) >= 11 is 5.18. The molecule has 2 N–H and O–H groups in total. The summed E-state index contributed by atoms with van der Waals surface area (Å²) in [5, 5.41) is 2.03. The van der Waals surface area contributed by atoms with Gasteiger partial charge in [0, 0.05) is 6.54 Å². The molecule has 1 aromatic heterocycles. The summed E-state index contributed by atoms with van der Waals surface area (Å²) in [4.78, 5) is 18.0. The summed E-state index contributed by atoms with van der Waals surface area (Å²) in [6, 6.07) is 6.01. The maximum absolute atomic E-state index is 10.5. The van der Waals surface area contributed by atoms with Crippen LogP contribution in [-0.2, 0) is 6.42 Å². The van der Waals surface area contributed by atoms with E-state index in [0.29, 0.717) is 6.54 Å². The van der Waals surface area contributed by atoms with Gasteiger partial charge in [-0.15, -0.1) is 0 Å². The molecule has 5 heteroatoms. The largest absolute Gasteiger partial charge is 0.342 e. The van der Waals surface area contributed by atoms with E-state index in [1.807, 2.05) is 25.1 Å². The van der Waals surface area contributed by atoms with Crippen LogP contribution in [0.15, 0.2) is 18.2 Å². The van der Waals surface area contributed by atoms with Crippen LogP contribution in [0.3, 0.4) is 0 Å². The van der Waals surface area contributed by atoms with Gasteiger partial charge < -0.3 is 10.3 Å². The molecule has 0 aliphatic heterocycles. The molecule has 0 fully saturated rings. The number of rotatable bonds is 3. The zero-order chi connectivity index (χ0) is 11.5. The first kappa shape index (κ1) is 11.0. The van der Waals surface area contributed by atoms with Gasteiger partial charge in [-0.3, -0.25) is 4.79 Å². The lowest BCUT2D eigenvalue weighted by atomic mass is 10.1. The van der Waals surface area contributed by atoms with Gasteiger partial charge in [0.25, 0.3) is 0 Å². The first-order valence-corrected chi connectivity index (χ1v) is 5.41. The molecule has 1 amide bonds. The molecule has 0 unspecified atom stereocenters. The average Bonchev–Trinajstić information content (AvgIpc) is 2.56. The van der Waals surface area contributed by atoms with Gasteiger partial charge >= 0.3 is 5.37 Å². The third kappa shape index (κ3) is 2.52. The van der Waals surface area contributed by atoms with Crippen LogP contribution in [0.2, 0.25) is 0 Å². The topological polar surface area (TPSA) is 57.8 Å². The van der Waals surface area contributed by atoms with Crippen LogP contribution < -0.4 is 5.32 Å². The molecule has 0 saturated heterocycles. The molecule has 1 aromatic carbocycles. The van der Waals surface area contributed by atoms with Gasteiger partial charge in [0.2, 0.25) is 0 Å². The van der Waals surface area contributed by atoms with E-state index in [2.05, 4.69) is 15.3 Å². The number of nitrogens with one attached hydrogen (secondary N) is 2. The van der Waals surface area contributed by atoms with E-state index in [1.165, 1.54) is 0 Å². The van der Waals surface area contributed by atoms with Crippen molar-refractivity contribution in [3.8, 4) is 0 Å². The summed E-state index contributed by atoms with van der Waals surface area (Å²) in [6.45, 7) is 2.47. The molecule has 0 spiro atoms. The van der Waals surface area contributed by atoms with E-state index in [-0.39, 0.29) is 0 Å². The van der Waals surface area contributed by atoms with E-state index in [9.17, 15) is 4.79 Å². The number of hydrogen-bond donors (Lipinski definition) is 2. The Morgan fingerprint density at radius 1 is 1.56 bits per heavy atom. The molecule has 0 aliphatic carbocycles. The number of aromatic amines is 1. The summed E-state index contributed by atoms with van der Waals surface area (Å²) in [6.07, 6.45) is 0.756. The minimum Gasteiger partial charge on any atom is -0.342 e. The van der Waals surface area contributed by atoms with Crippen molar-refractivity contribution in [2.75, 3.05) is 6.54 Å². The molecule has 0 aliphatic rings. The number of benzene rings is 1. The molecule has 0 bridgehead atoms. The van der Waals surface area contributed by atoms with Crippen LogP contribution in [0, 0.1) is 6.92 Å². The summed E-state index contributed by atoms with van der Waals surface area (Å²) in [7, 11) is 0. The van der Waals surface area contributed by atoms with Crippen molar-refractivity contribution in [3.63, 3.8) is 0 Å². The number of fused-ring (bicyclic) bond motifs is 1. The molecule has 2 rings (SSSR count). The van der Waals surface area contributed by atoms with Gasteiger partial charge in [-0.1, -0.05) is 6.07 Å². The van der Waals surface area contributed by atoms with E-state index < -0.39 is 5.37 Å². The monoisotopic (exact) mass is 237 g/mol. The zero-order valence-corrected chi connectivity index (χ0v) is 9.64. The average molecular weight is 238 g/mol. The van der Waals surface area contributed by atoms with E-state index in [0.717, 1.165) is 28.8 Å². The lowest BCUT2D eigenvalue weighted by Crippen LogP contribution is -2.19. The molecule has 0 radical (unpaired) electrons. The van der Waals surface area contributed by atoms with E-state index in [4.69, 9.17) is 11.6 Å². The second kappa shape index (κ2) is 4.53. The number of nitrogens with zero attached hydrogens (tertiary/aromatic N) is 1. The summed E-state index contributed by atoms with van der Waals surface area (Å²) < 4.78 is 0. The van der Waals surface area contributed by atoms with Gasteiger partial charge in [-0.05, 0) is 42.6 Å². The lowest BCUT2D eigenvalue weighted by Gasteiger charge is -2.01. The van der Waals surface area contributed by atoms with Crippen LogP contribution >= 0.6 is 11.6 Å². The smallest absolute Gasteiger partial charge is 0.313 e. The summed E-state index contributed by atoms with van der Waals surface area (Å²) in [5.41, 5.74) is 3.12. The predicted molar refractivity (Wildman–Crippen MR) is 63.8 cm³/mol. The number of imidazole rings is 1. The lowest BCUT2D eigenvalue weighted by molar-refractivity contribution is 0.260. The molecule has 0 saturated carbocycles. The van der Waals surface area contributed by atoms with Crippen molar-refractivity contribution < 1.29 is 4.79 Å². The highest BCUT2D eigenvalue weighted by molar-refractivity contribution is 6.62. The number of H-pyrrole nitrogens is 1. The third-order valence-corrected chi connectivity index (χ3v) is 2.48. The molecule has 16 heavy (non-hydrogen) atoms. The minimum atomic E-state index is -0.515. The van der Waals surface area contributed by atoms with Crippen LogP contribution in [0.5, 0.6) is 0 Å². The maximum Gasteiger partial charge on any atom is 0.313 e. The van der Waals surface area contributed by atoms with Gasteiger partial charge in [0.1, 0.15) is 5.82 Å². The first-order valence-electron chi connectivity index (χ1n) is 5.04. The molecule has 0 atom stereocenters. The third-order valence-electron chi connectivity index (χ3n) is 2.34. The second-order valence-electron chi connectivity index (χ2n) is 3.62. The Hall–Kier alpha value is -1.55. The Bertz CT molecular complexity index is 521. The van der Waals surface area contributed by atoms with Gasteiger partial charge in [-0.2, -0.15) is 0 Å². The number of aromatic nitrogens is 2. The quantitative estimate of drug-likeness (QED) is 0.636. The van der Waals surface area contributed by atoms with Crippen molar-refractivity contribution in [2.24, 2.45) is 0 Å². The highest BCUT2D eigenvalue weighted by atomic mass is 35.5. The van der Waals surface area contributed by atoms with E-state index in [1.54, 1.807) is 0 Å². The molecule has 2 aromatic rings. The van der Waals surface area contributed by atoms with Crippen LogP contribution in [0.1, 0.15) is 11.4 Å². The fourth-order valence-corrected chi connectivity index (χ4v) is 1.74. The number of carbonyl (C=O) groups excluding carboxylic acids is 1. The number of hydrogen-bond acceptors (Lipinski definition) is 2. The number of aryl methyl sites for hydroxylation is 1. The van der Waals surface area contributed by atoms with Crippen molar-refractivity contribution in [1.82, 2.24) is 15.3 Å². The molecule has 84 valence electrons. The predicted octanol–water partition coefficient (Wildman–Crippen LogP) is 2.36. The normalized spacial score (nSPS) is 10.6. The number of halogens is 1. The van der Waals surface area contributed by atoms with Crippen LogP contribution in [0.4, 0.5) is 4.79 Å². The second-order valence-corrected chi connectivity index (χ2v) is 3.97. The van der Waals surface area contributed by atoms with E-state index >= 15 is 0 Å². The van der Waals surface area contributed by atoms with Crippen molar-refractivity contribution in [3.05, 3.63) is 29.6 Å². The highest BCUT2D eigenvalue weighted by Crippen LogP contribution is 2.13. The highest BCUT2D eigenvalue weighted by Gasteiger charge is 2.01. The van der Waals surface area contributed by atoms with Gasteiger partial charge in [0.15, 0.2) is 0 Å². The molecule has 1 heterocycles. The fraction of sp³-hybridized carbons (Fsp3) is 0.273. The SMILES string of the molecule is Cc1nc2ccc(CCNC(=O)Cl)cc2[nH]1. The van der Waals surface area contributed by atoms with Crippen LogP contribution in [-0.4, -0.2) is 21.9 Å². The Balaban J connectivity index is 2.10. The van der Waals surface area contributed by atoms with Crippen molar-refractivity contribution in [1.29, 1.82) is 0 Å². The molecular formula is C11H12ClN3O. The van der Waals surface area contributed by atoms with Gasteiger partial charge in [-0.25, -0.2) is 4.98 Å². The minimum absolute atomic E-state index is 0.515. The standard InChI is InChI=1S/C11H12ClN3O/c1-7-14-9-3-2-8(6-10(9)15-7)4-5-13-11(12)16/h2-3,6H,4-5H2,1H3,(H,13,16)(H,14,15). The Kier molecular flexibility index (Phi) is 3.10. The fourth-order valence-electron chi connectivity index (χ4n) is 1.64. The Labute approximate surface area is 98.0 Å². The van der Waals surface area contributed by atoms with Crippen molar-refractivity contribution >= 4 is 28.0 Å². The van der Waals surface area contributed by atoms with Crippen molar-refractivity contribution in [2.45, 2.75) is 13.3 Å². The summed E-state index contributed by atoms with van der Waals surface area (Å²) in [5.74, 6) is 0.904. The molecular weight excluding hydrogens is 226 g/mol. The molecule has 4 nitrogen and oxygen atoms in total. The van der Waals surface area contributed by atoms with Gasteiger partial charge in [0.05, 0.1) is 11.0 Å². The van der Waals surface area contributed by atoms with Crippen LogP contribution in [0.25, 0.3) is 11.0 Å². The Morgan fingerprint density at radius 3 is 3.12 bits per heavy atom. The number of carbonyl (C=O) groups is 1. The number of amides is 1.